The Labute approximate surface area is 195 Å². The second-order valence-corrected chi connectivity index (χ2v) is 9.16. The third-order valence-electron chi connectivity index (χ3n) is 6.79. The van der Waals surface area contributed by atoms with Crippen LogP contribution in [0.15, 0.2) is 42.5 Å². The average molecular weight is 472 g/mol. The fourth-order valence-corrected chi connectivity index (χ4v) is 5.04. The number of halogens is 3. The number of nitrogens with one attached hydrogen (secondary N) is 1. The number of aromatic nitrogens is 2. The Hall–Kier alpha value is -2.77. The average Bonchev–Trinajstić information content (AvgIpc) is 3.43. The van der Waals surface area contributed by atoms with Gasteiger partial charge in [-0.15, -0.1) is 0 Å². The van der Waals surface area contributed by atoms with Crippen LogP contribution in [0, 0.1) is 11.6 Å². The Bertz CT molecular complexity index is 1190. The van der Waals surface area contributed by atoms with Crippen molar-refractivity contribution in [3.63, 3.8) is 0 Å². The maximum atomic E-state index is 13.8. The number of carbonyl (C=O) groups is 1. The van der Waals surface area contributed by atoms with Crippen molar-refractivity contribution in [1.82, 2.24) is 15.1 Å². The maximum Gasteiger partial charge on any atom is 0.272 e. The maximum absolute atomic E-state index is 13.8. The molecule has 2 aromatic carbocycles. The van der Waals surface area contributed by atoms with E-state index in [0.29, 0.717) is 36.2 Å². The van der Waals surface area contributed by atoms with Crippen LogP contribution in [0.4, 0.5) is 8.78 Å². The molecular formula is C25H24ClF2N3O2. The Balaban J connectivity index is 1.41. The van der Waals surface area contributed by atoms with Crippen LogP contribution in [-0.4, -0.2) is 35.4 Å². The van der Waals surface area contributed by atoms with Crippen molar-refractivity contribution >= 4 is 17.5 Å². The summed E-state index contributed by atoms with van der Waals surface area (Å²) >= 11 is 6.08. The van der Waals surface area contributed by atoms with Crippen LogP contribution in [0.3, 0.4) is 0 Å². The summed E-state index contributed by atoms with van der Waals surface area (Å²) < 4.78 is 34.4. The second-order valence-electron chi connectivity index (χ2n) is 8.72. The molecule has 0 unspecified atom stereocenters. The molecule has 1 fully saturated rings. The minimum atomic E-state index is -0.940. The van der Waals surface area contributed by atoms with Crippen LogP contribution in [0.25, 0.3) is 5.69 Å². The summed E-state index contributed by atoms with van der Waals surface area (Å²) in [5, 5.41) is 8.29. The zero-order valence-corrected chi connectivity index (χ0v) is 18.8. The van der Waals surface area contributed by atoms with Gasteiger partial charge in [0, 0.05) is 47.5 Å². The number of rotatable bonds is 5. The van der Waals surface area contributed by atoms with Crippen molar-refractivity contribution in [3.05, 3.63) is 81.6 Å². The SMILES string of the molecule is O=C(NCC1(c2ccc(Cl)cc2)CCOCC1)c1nn(-c2ccc(F)c(F)c2)c2c1CCC2. The Morgan fingerprint density at radius 3 is 2.58 bits per heavy atom. The summed E-state index contributed by atoms with van der Waals surface area (Å²) in [7, 11) is 0. The van der Waals surface area contributed by atoms with E-state index in [1.807, 2.05) is 24.3 Å². The molecule has 1 aliphatic heterocycles. The number of carbonyl (C=O) groups excluding carboxylic acids is 1. The summed E-state index contributed by atoms with van der Waals surface area (Å²) in [5.74, 6) is -2.11. The predicted octanol–water partition coefficient (Wildman–Crippen LogP) is 4.77. The van der Waals surface area contributed by atoms with Gasteiger partial charge in [0.15, 0.2) is 17.3 Å². The van der Waals surface area contributed by atoms with E-state index in [0.717, 1.165) is 61.1 Å². The van der Waals surface area contributed by atoms with Gasteiger partial charge >= 0.3 is 0 Å². The Morgan fingerprint density at radius 1 is 1.09 bits per heavy atom. The first kappa shape index (κ1) is 22.0. The van der Waals surface area contributed by atoms with Gasteiger partial charge in [-0.25, -0.2) is 13.5 Å². The number of ether oxygens (including phenoxy) is 1. The minimum absolute atomic E-state index is 0.246. The molecule has 5 nitrogen and oxygen atoms in total. The van der Waals surface area contributed by atoms with E-state index in [1.54, 1.807) is 4.68 Å². The molecule has 1 aromatic heterocycles. The van der Waals surface area contributed by atoms with Gasteiger partial charge in [0.25, 0.3) is 5.91 Å². The van der Waals surface area contributed by atoms with Gasteiger partial charge in [-0.1, -0.05) is 23.7 Å². The first-order chi connectivity index (χ1) is 16.0. The summed E-state index contributed by atoms with van der Waals surface area (Å²) in [6.45, 7) is 1.70. The standard InChI is InChI=1S/C25H24ClF2N3O2/c26-17-6-4-16(5-7-17)25(10-12-33-13-11-25)15-29-24(32)23-19-2-1-3-22(19)31(30-23)18-8-9-20(27)21(28)14-18/h4-9,14H,1-3,10-13,15H2,(H,29,32). The van der Waals surface area contributed by atoms with Crippen LogP contribution in [-0.2, 0) is 23.0 Å². The van der Waals surface area contributed by atoms with E-state index in [9.17, 15) is 13.6 Å². The van der Waals surface area contributed by atoms with Gasteiger partial charge in [0.1, 0.15) is 0 Å². The predicted molar refractivity (Wildman–Crippen MR) is 121 cm³/mol. The largest absolute Gasteiger partial charge is 0.381 e. The van der Waals surface area contributed by atoms with Crippen molar-refractivity contribution in [2.75, 3.05) is 19.8 Å². The van der Waals surface area contributed by atoms with Gasteiger partial charge in [0.05, 0.1) is 5.69 Å². The van der Waals surface area contributed by atoms with Gasteiger partial charge in [-0.05, 0) is 61.9 Å². The lowest BCUT2D eigenvalue weighted by Crippen LogP contribution is -2.44. The summed E-state index contributed by atoms with van der Waals surface area (Å²) in [5.41, 5.74) is 3.39. The highest BCUT2D eigenvalue weighted by Gasteiger charge is 2.36. The van der Waals surface area contributed by atoms with Crippen LogP contribution in [0.1, 0.15) is 46.6 Å². The second kappa shape index (κ2) is 8.88. The first-order valence-electron chi connectivity index (χ1n) is 11.1. The van der Waals surface area contributed by atoms with Crippen molar-refractivity contribution in [2.24, 2.45) is 0 Å². The quantitative estimate of drug-likeness (QED) is 0.583. The van der Waals surface area contributed by atoms with Gasteiger partial charge < -0.3 is 10.1 Å². The smallest absolute Gasteiger partial charge is 0.272 e. The number of hydrogen-bond donors (Lipinski definition) is 1. The highest BCUT2D eigenvalue weighted by Crippen LogP contribution is 2.35. The fourth-order valence-electron chi connectivity index (χ4n) is 4.92. The van der Waals surface area contributed by atoms with E-state index in [2.05, 4.69) is 10.4 Å². The zero-order valence-electron chi connectivity index (χ0n) is 18.0. The van der Waals surface area contributed by atoms with Gasteiger partial charge in [-0.2, -0.15) is 5.10 Å². The molecular weight excluding hydrogens is 448 g/mol. The molecule has 1 saturated heterocycles. The van der Waals surface area contributed by atoms with Crippen molar-refractivity contribution in [2.45, 2.75) is 37.5 Å². The molecule has 1 amide bonds. The Morgan fingerprint density at radius 2 is 1.85 bits per heavy atom. The van der Waals surface area contributed by atoms with Gasteiger partial charge in [0.2, 0.25) is 0 Å². The fraction of sp³-hybridized carbons (Fsp3) is 0.360. The summed E-state index contributed by atoms with van der Waals surface area (Å²) in [4.78, 5) is 13.3. The molecule has 2 aliphatic rings. The summed E-state index contributed by atoms with van der Waals surface area (Å²) in [6, 6.07) is 11.4. The monoisotopic (exact) mass is 471 g/mol. The van der Waals surface area contributed by atoms with Crippen LogP contribution >= 0.6 is 11.6 Å². The summed E-state index contributed by atoms with van der Waals surface area (Å²) in [6.07, 6.45) is 3.94. The topological polar surface area (TPSA) is 56.1 Å². The molecule has 8 heteroatoms. The lowest BCUT2D eigenvalue weighted by atomic mass is 9.74. The molecule has 1 N–H and O–H groups in total. The number of benzene rings is 2. The molecule has 0 bridgehead atoms. The van der Waals surface area contributed by atoms with E-state index in [-0.39, 0.29) is 11.3 Å². The van der Waals surface area contributed by atoms with Gasteiger partial charge in [-0.3, -0.25) is 4.79 Å². The van der Waals surface area contributed by atoms with Crippen LogP contribution in [0.2, 0.25) is 5.02 Å². The lowest BCUT2D eigenvalue weighted by molar-refractivity contribution is 0.0486. The highest BCUT2D eigenvalue weighted by atomic mass is 35.5. The van der Waals surface area contributed by atoms with E-state index < -0.39 is 11.6 Å². The van der Waals surface area contributed by atoms with Crippen LogP contribution in [0.5, 0.6) is 0 Å². The molecule has 33 heavy (non-hydrogen) atoms. The normalized spacial score (nSPS) is 17.1. The van der Waals surface area contributed by atoms with Crippen molar-refractivity contribution in [1.29, 1.82) is 0 Å². The Kier molecular flexibility index (Phi) is 5.93. The molecule has 0 radical (unpaired) electrons. The van der Waals surface area contributed by atoms with E-state index in [1.165, 1.54) is 6.07 Å². The molecule has 5 rings (SSSR count). The first-order valence-corrected chi connectivity index (χ1v) is 11.5. The minimum Gasteiger partial charge on any atom is -0.381 e. The van der Waals surface area contributed by atoms with E-state index >= 15 is 0 Å². The van der Waals surface area contributed by atoms with Crippen LogP contribution < -0.4 is 5.32 Å². The molecule has 172 valence electrons. The highest BCUT2D eigenvalue weighted by molar-refractivity contribution is 6.30. The van der Waals surface area contributed by atoms with Crippen molar-refractivity contribution < 1.29 is 18.3 Å². The third-order valence-corrected chi connectivity index (χ3v) is 7.04. The molecule has 3 aromatic rings. The molecule has 0 saturated carbocycles. The zero-order chi connectivity index (χ0) is 23.0. The van der Waals surface area contributed by atoms with Crippen molar-refractivity contribution in [3.8, 4) is 5.69 Å². The molecule has 0 spiro atoms. The molecule has 1 aliphatic carbocycles. The molecule has 2 heterocycles. The number of amides is 1. The number of hydrogen-bond acceptors (Lipinski definition) is 3. The third kappa shape index (κ3) is 4.15. The molecule has 0 atom stereocenters. The van der Waals surface area contributed by atoms with E-state index in [4.69, 9.17) is 16.3 Å². The lowest BCUT2D eigenvalue weighted by Gasteiger charge is -2.38. The number of nitrogens with zero attached hydrogens (tertiary/aromatic N) is 2. The number of fused-ring (bicyclic) bond motifs is 1.